The van der Waals surface area contributed by atoms with Gasteiger partial charge in [-0.15, -0.1) is 0 Å². The molecule has 2 rings (SSSR count). The zero-order valence-corrected chi connectivity index (χ0v) is 16.2. The van der Waals surface area contributed by atoms with Crippen molar-refractivity contribution < 1.29 is 19.1 Å². The van der Waals surface area contributed by atoms with E-state index in [4.69, 9.17) is 9.47 Å². The zero-order chi connectivity index (χ0) is 19.8. The van der Waals surface area contributed by atoms with Crippen LogP contribution in [0.5, 0.6) is 0 Å². The molecule has 1 unspecified atom stereocenters. The molecular formula is C19H26N4O4. The number of aryl methyl sites for hydroxylation is 1. The first-order valence-corrected chi connectivity index (χ1v) is 8.81. The molecule has 2 aromatic heterocycles. The average Bonchev–Trinajstić information content (AvgIpc) is 2.95. The Hall–Kier alpha value is -2.74. The lowest BCUT2D eigenvalue weighted by Crippen LogP contribution is -2.18. The van der Waals surface area contributed by atoms with E-state index in [9.17, 15) is 9.59 Å². The van der Waals surface area contributed by atoms with Crippen molar-refractivity contribution in [1.29, 1.82) is 0 Å². The number of hydrogen-bond donors (Lipinski definition) is 1. The fourth-order valence-corrected chi connectivity index (χ4v) is 3.02. The first-order valence-electron chi connectivity index (χ1n) is 8.81. The summed E-state index contributed by atoms with van der Waals surface area (Å²) in [5.74, 6) is -0.223. The highest BCUT2D eigenvalue weighted by Gasteiger charge is 2.19. The van der Waals surface area contributed by atoms with Gasteiger partial charge >= 0.3 is 5.97 Å². The molecule has 0 spiro atoms. The summed E-state index contributed by atoms with van der Waals surface area (Å²) >= 11 is 0. The number of aromatic nitrogens is 3. The largest absolute Gasteiger partial charge is 0.457 e. The summed E-state index contributed by atoms with van der Waals surface area (Å²) in [7, 11) is 1.65. The van der Waals surface area contributed by atoms with Crippen LogP contribution in [0.3, 0.4) is 0 Å². The Morgan fingerprint density at radius 3 is 2.63 bits per heavy atom. The van der Waals surface area contributed by atoms with Gasteiger partial charge in [0.15, 0.2) is 6.61 Å². The topological polar surface area (TPSA) is 95.3 Å². The lowest BCUT2D eigenvalue weighted by molar-refractivity contribution is -0.142. The van der Waals surface area contributed by atoms with E-state index >= 15 is 0 Å². The number of anilines is 1. The summed E-state index contributed by atoms with van der Waals surface area (Å²) in [4.78, 5) is 32.3. The van der Waals surface area contributed by atoms with Crippen molar-refractivity contribution in [2.45, 2.75) is 33.2 Å². The zero-order valence-electron chi connectivity index (χ0n) is 16.2. The highest BCUT2D eigenvalue weighted by molar-refractivity contribution is 5.99. The van der Waals surface area contributed by atoms with Gasteiger partial charge in [0.25, 0.3) is 0 Å². The van der Waals surface area contributed by atoms with Crippen LogP contribution in [-0.4, -0.2) is 53.2 Å². The maximum atomic E-state index is 12.5. The van der Waals surface area contributed by atoms with E-state index in [1.807, 2.05) is 26.8 Å². The first kappa shape index (κ1) is 20.6. The van der Waals surface area contributed by atoms with E-state index in [0.29, 0.717) is 24.7 Å². The molecule has 1 N–H and O–H groups in total. The molecule has 2 heterocycles. The van der Waals surface area contributed by atoms with Gasteiger partial charge in [-0.1, -0.05) is 0 Å². The SMILES string of the molecule is COCC(C)n1c(C)cc(C(=O)COC(=O)CCNc2ncccn2)c1C. The van der Waals surface area contributed by atoms with Crippen LogP contribution in [-0.2, 0) is 14.3 Å². The molecule has 27 heavy (non-hydrogen) atoms. The fraction of sp³-hybridized carbons (Fsp3) is 0.474. The van der Waals surface area contributed by atoms with E-state index in [0.717, 1.165) is 11.4 Å². The van der Waals surface area contributed by atoms with Crippen molar-refractivity contribution >= 4 is 17.7 Å². The van der Waals surface area contributed by atoms with E-state index < -0.39 is 5.97 Å². The summed E-state index contributed by atoms with van der Waals surface area (Å²) in [6.07, 6.45) is 3.34. The quantitative estimate of drug-likeness (QED) is 0.504. The predicted molar refractivity (Wildman–Crippen MR) is 101 cm³/mol. The van der Waals surface area contributed by atoms with E-state index in [2.05, 4.69) is 19.9 Å². The molecule has 0 saturated heterocycles. The molecular weight excluding hydrogens is 348 g/mol. The third-order valence-electron chi connectivity index (χ3n) is 4.18. The van der Waals surface area contributed by atoms with Crippen LogP contribution in [0.25, 0.3) is 0 Å². The minimum atomic E-state index is -0.451. The second-order valence-electron chi connectivity index (χ2n) is 6.29. The molecule has 0 bridgehead atoms. The van der Waals surface area contributed by atoms with Gasteiger partial charge in [0.2, 0.25) is 11.7 Å². The predicted octanol–water partition coefficient (Wildman–Crippen LogP) is 2.33. The highest BCUT2D eigenvalue weighted by atomic mass is 16.5. The summed E-state index contributed by atoms with van der Waals surface area (Å²) in [6, 6.07) is 3.65. The van der Waals surface area contributed by atoms with Gasteiger partial charge < -0.3 is 19.4 Å². The molecule has 0 amide bonds. The second-order valence-corrected chi connectivity index (χ2v) is 6.29. The smallest absolute Gasteiger partial charge is 0.308 e. The van der Waals surface area contributed by atoms with Gasteiger partial charge in [0, 0.05) is 43.0 Å². The maximum absolute atomic E-state index is 12.5. The molecule has 1 atom stereocenters. The minimum absolute atomic E-state index is 0.116. The van der Waals surface area contributed by atoms with Crippen LogP contribution >= 0.6 is 0 Å². The Labute approximate surface area is 158 Å². The van der Waals surface area contributed by atoms with Crippen molar-refractivity contribution in [2.24, 2.45) is 0 Å². The summed E-state index contributed by atoms with van der Waals surface area (Å²) in [5.41, 5.74) is 2.39. The van der Waals surface area contributed by atoms with Gasteiger partial charge in [-0.3, -0.25) is 9.59 Å². The summed E-state index contributed by atoms with van der Waals surface area (Å²) < 4.78 is 12.4. The molecule has 8 nitrogen and oxygen atoms in total. The van der Waals surface area contributed by atoms with Gasteiger partial charge in [-0.25, -0.2) is 9.97 Å². The lowest BCUT2D eigenvalue weighted by atomic mass is 10.1. The lowest BCUT2D eigenvalue weighted by Gasteiger charge is -2.17. The van der Waals surface area contributed by atoms with Crippen molar-refractivity contribution in [3.05, 3.63) is 41.5 Å². The number of carbonyl (C=O) groups excluding carboxylic acids is 2. The molecule has 0 aliphatic carbocycles. The Bertz CT molecular complexity index is 774. The van der Waals surface area contributed by atoms with Crippen LogP contribution in [0.4, 0.5) is 5.95 Å². The van der Waals surface area contributed by atoms with Crippen molar-refractivity contribution in [3.63, 3.8) is 0 Å². The second kappa shape index (κ2) is 9.82. The van der Waals surface area contributed by atoms with Crippen LogP contribution in [0.1, 0.15) is 41.1 Å². The third-order valence-corrected chi connectivity index (χ3v) is 4.18. The normalized spacial score (nSPS) is 11.9. The molecule has 0 aliphatic rings. The van der Waals surface area contributed by atoms with Crippen LogP contribution in [0.15, 0.2) is 24.5 Å². The molecule has 0 saturated carbocycles. The fourth-order valence-electron chi connectivity index (χ4n) is 3.02. The van der Waals surface area contributed by atoms with E-state index in [1.165, 1.54) is 0 Å². The van der Waals surface area contributed by atoms with Gasteiger partial charge in [0.05, 0.1) is 19.1 Å². The Balaban J connectivity index is 1.84. The van der Waals surface area contributed by atoms with Crippen molar-refractivity contribution in [2.75, 3.05) is 32.2 Å². The third kappa shape index (κ3) is 5.62. The number of rotatable bonds is 10. The number of nitrogens with zero attached hydrogens (tertiary/aromatic N) is 3. The van der Waals surface area contributed by atoms with Crippen LogP contribution in [0.2, 0.25) is 0 Å². The van der Waals surface area contributed by atoms with E-state index in [-0.39, 0.29) is 24.9 Å². The first-order chi connectivity index (χ1) is 12.9. The van der Waals surface area contributed by atoms with Crippen molar-refractivity contribution in [1.82, 2.24) is 14.5 Å². The maximum Gasteiger partial charge on any atom is 0.308 e. The number of ether oxygens (including phenoxy) is 2. The summed E-state index contributed by atoms with van der Waals surface area (Å²) in [6.45, 7) is 6.47. The van der Waals surface area contributed by atoms with Gasteiger partial charge in [0.1, 0.15) is 0 Å². The number of methoxy groups -OCH3 is 1. The molecule has 8 heteroatoms. The van der Waals surface area contributed by atoms with Gasteiger partial charge in [-0.05, 0) is 32.9 Å². The minimum Gasteiger partial charge on any atom is -0.457 e. The van der Waals surface area contributed by atoms with Gasteiger partial charge in [-0.2, -0.15) is 0 Å². The Morgan fingerprint density at radius 1 is 1.26 bits per heavy atom. The van der Waals surface area contributed by atoms with Crippen LogP contribution < -0.4 is 5.32 Å². The number of esters is 1. The Morgan fingerprint density at radius 2 is 1.96 bits per heavy atom. The molecule has 0 fully saturated rings. The number of ketones is 1. The molecule has 0 radical (unpaired) electrons. The molecule has 2 aromatic rings. The summed E-state index contributed by atoms with van der Waals surface area (Å²) in [5, 5.41) is 2.92. The number of Topliss-reactive ketones (excluding diaryl/α,β-unsaturated/α-hetero) is 1. The van der Waals surface area contributed by atoms with Crippen LogP contribution in [0, 0.1) is 13.8 Å². The number of hydrogen-bond acceptors (Lipinski definition) is 7. The monoisotopic (exact) mass is 374 g/mol. The molecule has 146 valence electrons. The number of nitrogens with one attached hydrogen (secondary N) is 1. The number of carbonyl (C=O) groups is 2. The average molecular weight is 374 g/mol. The Kier molecular flexibility index (Phi) is 7.48. The van der Waals surface area contributed by atoms with E-state index in [1.54, 1.807) is 25.6 Å². The van der Waals surface area contributed by atoms with Crippen molar-refractivity contribution in [3.8, 4) is 0 Å². The molecule has 0 aliphatic heterocycles. The molecule has 0 aromatic carbocycles. The highest BCUT2D eigenvalue weighted by Crippen LogP contribution is 2.21. The standard InChI is InChI=1S/C19H26N4O4/c1-13-10-16(15(3)23(13)14(2)11-26-4)17(24)12-27-18(25)6-9-22-19-20-7-5-8-21-19/h5,7-8,10,14H,6,9,11-12H2,1-4H3,(H,20,21,22).